The van der Waals surface area contributed by atoms with E-state index in [-0.39, 0.29) is 12.5 Å². The fourth-order valence-electron chi connectivity index (χ4n) is 1.49. The molecule has 0 radical (unpaired) electrons. The van der Waals surface area contributed by atoms with Crippen molar-refractivity contribution in [3.8, 4) is 0 Å². The van der Waals surface area contributed by atoms with Gasteiger partial charge in [0, 0.05) is 0 Å². The number of hydrogen-bond acceptors (Lipinski definition) is 6. The number of benzene rings is 1. The molecule has 90 valence electrons. The molecule has 0 aliphatic heterocycles. The van der Waals surface area contributed by atoms with Crippen LogP contribution in [0.25, 0.3) is 10.2 Å². The van der Waals surface area contributed by atoms with Gasteiger partial charge in [-0.1, -0.05) is 0 Å². The molecule has 0 aliphatic carbocycles. The van der Waals surface area contributed by atoms with Crippen molar-refractivity contribution in [3.05, 3.63) is 17.6 Å². The maximum Gasteiger partial charge on any atom is 0.325 e. The fraction of sp³-hybridized carbons (Fsp3) is 0.273. The molecule has 1 heterocycles. The van der Waals surface area contributed by atoms with E-state index in [1.165, 1.54) is 11.3 Å². The minimum atomic E-state index is -0.301. The summed E-state index contributed by atoms with van der Waals surface area (Å²) < 4.78 is 5.85. The second kappa shape index (κ2) is 5.01. The van der Waals surface area contributed by atoms with Crippen molar-refractivity contribution in [3.63, 3.8) is 0 Å². The molecular formula is C11H13N3O2S. The molecule has 0 spiro atoms. The van der Waals surface area contributed by atoms with Crippen molar-refractivity contribution in [2.75, 3.05) is 24.2 Å². The average molecular weight is 251 g/mol. The minimum absolute atomic E-state index is 0.105. The number of nitrogens with one attached hydrogen (secondary N) is 1. The highest BCUT2D eigenvalue weighted by atomic mass is 32.1. The minimum Gasteiger partial charge on any atom is -0.465 e. The number of carbonyl (C=O) groups is 1. The number of rotatable bonds is 4. The van der Waals surface area contributed by atoms with Crippen LogP contribution >= 0.6 is 11.3 Å². The van der Waals surface area contributed by atoms with E-state index in [1.54, 1.807) is 12.4 Å². The van der Waals surface area contributed by atoms with Gasteiger partial charge in [0.05, 0.1) is 28.2 Å². The molecule has 0 unspecified atom stereocenters. The van der Waals surface area contributed by atoms with E-state index in [4.69, 9.17) is 10.5 Å². The van der Waals surface area contributed by atoms with Crippen LogP contribution in [0.3, 0.4) is 0 Å². The summed E-state index contributed by atoms with van der Waals surface area (Å²) in [5, 5.41) is 2.94. The maximum atomic E-state index is 11.2. The Balaban J connectivity index is 2.13. The highest BCUT2D eigenvalue weighted by Crippen LogP contribution is 2.29. The Morgan fingerprint density at radius 3 is 3.18 bits per heavy atom. The highest BCUT2D eigenvalue weighted by Gasteiger charge is 2.08. The fourth-order valence-corrected chi connectivity index (χ4v) is 2.18. The monoisotopic (exact) mass is 251 g/mol. The normalized spacial score (nSPS) is 10.4. The molecule has 2 rings (SSSR count). The summed E-state index contributed by atoms with van der Waals surface area (Å²) in [6.45, 7) is 2.25. The number of fused-ring (bicyclic) bond motifs is 1. The average Bonchev–Trinajstić information content (AvgIpc) is 2.77. The Kier molecular flexibility index (Phi) is 3.43. The smallest absolute Gasteiger partial charge is 0.325 e. The number of aromatic nitrogens is 1. The summed E-state index contributed by atoms with van der Waals surface area (Å²) in [6.07, 6.45) is 0. The van der Waals surface area contributed by atoms with Crippen molar-refractivity contribution >= 4 is 38.9 Å². The van der Waals surface area contributed by atoms with Gasteiger partial charge in [-0.15, -0.1) is 11.3 Å². The van der Waals surface area contributed by atoms with Gasteiger partial charge in [-0.25, -0.2) is 4.98 Å². The zero-order valence-corrected chi connectivity index (χ0v) is 10.2. The largest absolute Gasteiger partial charge is 0.465 e. The third-order valence-corrected chi connectivity index (χ3v) is 3.06. The third kappa shape index (κ3) is 2.47. The second-order valence-electron chi connectivity index (χ2n) is 3.38. The van der Waals surface area contributed by atoms with Crippen LogP contribution in [0.4, 0.5) is 11.4 Å². The van der Waals surface area contributed by atoms with Crippen LogP contribution in [0.5, 0.6) is 0 Å². The molecule has 0 amide bonds. The molecule has 5 nitrogen and oxygen atoms in total. The van der Waals surface area contributed by atoms with E-state index in [0.29, 0.717) is 18.0 Å². The van der Waals surface area contributed by atoms with Gasteiger partial charge in [-0.05, 0) is 19.1 Å². The lowest BCUT2D eigenvalue weighted by atomic mass is 10.2. The summed E-state index contributed by atoms with van der Waals surface area (Å²) in [7, 11) is 0. The van der Waals surface area contributed by atoms with Crippen LogP contribution in [0.2, 0.25) is 0 Å². The molecule has 0 saturated carbocycles. The molecule has 2 aromatic rings. The molecular weight excluding hydrogens is 238 g/mol. The van der Waals surface area contributed by atoms with Crippen molar-refractivity contribution < 1.29 is 9.53 Å². The van der Waals surface area contributed by atoms with Gasteiger partial charge in [0.2, 0.25) is 0 Å². The first-order chi connectivity index (χ1) is 8.22. The van der Waals surface area contributed by atoms with E-state index in [1.807, 2.05) is 12.1 Å². The van der Waals surface area contributed by atoms with Crippen LogP contribution in [-0.2, 0) is 9.53 Å². The first-order valence-corrected chi connectivity index (χ1v) is 6.11. The lowest BCUT2D eigenvalue weighted by Crippen LogP contribution is -2.17. The van der Waals surface area contributed by atoms with Crippen LogP contribution < -0.4 is 11.1 Å². The molecule has 0 atom stereocenters. The van der Waals surface area contributed by atoms with Gasteiger partial charge in [0.25, 0.3) is 0 Å². The van der Waals surface area contributed by atoms with Crippen molar-refractivity contribution in [1.29, 1.82) is 0 Å². The second-order valence-corrected chi connectivity index (χ2v) is 4.27. The van der Waals surface area contributed by atoms with E-state index < -0.39 is 0 Å². The lowest BCUT2D eigenvalue weighted by Gasteiger charge is -2.08. The van der Waals surface area contributed by atoms with Gasteiger partial charge < -0.3 is 15.8 Å². The summed E-state index contributed by atoms with van der Waals surface area (Å²) in [6, 6.07) is 3.77. The first kappa shape index (κ1) is 11.7. The molecule has 0 fully saturated rings. The van der Waals surface area contributed by atoms with Gasteiger partial charge >= 0.3 is 5.97 Å². The van der Waals surface area contributed by atoms with Crippen molar-refractivity contribution in [2.24, 2.45) is 0 Å². The number of thiazole rings is 1. The molecule has 0 bridgehead atoms. The van der Waals surface area contributed by atoms with E-state index >= 15 is 0 Å². The number of esters is 1. The topological polar surface area (TPSA) is 77.2 Å². The Hall–Kier alpha value is -1.82. The molecule has 0 saturated heterocycles. The third-order valence-electron chi connectivity index (χ3n) is 2.27. The lowest BCUT2D eigenvalue weighted by molar-refractivity contribution is -0.140. The number of ether oxygens (including phenoxy) is 1. The molecule has 1 aromatic heterocycles. The van der Waals surface area contributed by atoms with Crippen molar-refractivity contribution in [1.82, 2.24) is 4.98 Å². The molecule has 0 aliphatic rings. The summed E-state index contributed by atoms with van der Waals surface area (Å²) in [5.41, 5.74) is 9.73. The number of nitrogens with two attached hydrogens (primary N) is 1. The number of nitrogen functional groups attached to an aromatic ring is 1. The maximum absolute atomic E-state index is 11.2. The molecule has 3 N–H and O–H groups in total. The van der Waals surface area contributed by atoms with E-state index in [2.05, 4.69) is 10.3 Å². The highest BCUT2D eigenvalue weighted by molar-refractivity contribution is 7.16. The Bertz CT molecular complexity index is 538. The first-order valence-electron chi connectivity index (χ1n) is 5.23. The van der Waals surface area contributed by atoms with Crippen LogP contribution in [-0.4, -0.2) is 24.1 Å². The SMILES string of the molecule is CCOC(=O)CNc1ccc2scnc2c1N. The van der Waals surface area contributed by atoms with Crippen molar-refractivity contribution in [2.45, 2.75) is 6.92 Å². The summed E-state index contributed by atoms with van der Waals surface area (Å²) >= 11 is 1.53. The van der Waals surface area contributed by atoms with Gasteiger partial charge in [-0.3, -0.25) is 4.79 Å². The van der Waals surface area contributed by atoms with E-state index in [0.717, 1.165) is 10.2 Å². The Morgan fingerprint density at radius 1 is 1.59 bits per heavy atom. The zero-order chi connectivity index (χ0) is 12.3. The zero-order valence-electron chi connectivity index (χ0n) is 9.40. The van der Waals surface area contributed by atoms with Crippen LogP contribution in [0, 0.1) is 0 Å². The van der Waals surface area contributed by atoms with Gasteiger partial charge in [0.15, 0.2) is 0 Å². The number of carbonyl (C=O) groups excluding carboxylic acids is 1. The van der Waals surface area contributed by atoms with Crippen LogP contribution in [0.1, 0.15) is 6.92 Å². The quantitative estimate of drug-likeness (QED) is 0.640. The summed E-state index contributed by atoms with van der Waals surface area (Å²) in [4.78, 5) is 15.4. The Labute approximate surface area is 103 Å². The Morgan fingerprint density at radius 2 is 2.41 bits per heavy atom. The van der Waals surface area contributed by atoms with Gasteiger partial charge in [0.1, 0.15) is 12.1 Å². The predicted octanol–water partition coefficient (Wildman–Crippen LogP) is 1.85. The molecule has 6 heteroatoms. The molecule has 17 heavy (non-hydrogen) atoms. The molecule has 1 aromatic carbocycles. The number of hydrogen-bond donors (Lipinski definition) is 2. The number of anilines is 2. The van der Waals surface area contributed by atoms with Gasteiger partial charge in [-0.2, -0.15) is 0 Å². The summed E-state index contributed by atoms with van der Waals surface area (Å²) in [5.74, 6) is -0.301. The standard InChI is InChI=1S/C11H13N3O2S/c1-2-16-9(15)5-13-7-3-4-8-11(10(7)12)14-6-17-8/h3-4,6,13H,2,5,12H2,1H3. The number of nitrogens with zero attached hydrogens (tertiary/aromatic N) is 1. The van der Waals surface area contributed by atoms with E-state index in [9.17, 15) is 4.79 Å². The predicted molar refractivity (Wildman–Crippen MR) is 69.2 cm³/mol. The van der Waals surface area contributed by atoms with Crippen LogP contribution in [0.15, 0.2) is 17.6 Å².